The molecule has 74 valence electrons. The summed E-state index contributed by atoms with van der Waals surface area (Å²) in [4.78, 5) is 13.6. The number of hydrogen-bond donors (Lipinski definition) is 1. The summed E-state index contributed by atoms with van der Waals surface area (Å²) in [6.07, 6.45) is 2.30. The van der Waals surface area contributed by atoms with Gasteiger partial charge in [-0.15, -0.1) is 0 Å². The highest BCUT2D eigenvalue weighted by molar-refractivity contribution is 5.78. The Morgan fingerprint density at radius 2 is 2.31 bits per heavy atom. The molecule has 2 aliphatic rings. The van der Waals surface area contributed by atoms with Crippen LogP contribution in [-0.2, 0) is 4.79 Å². The van der Waals surface area contributed by atoms with E-state index in [1.165, 1.54) is 6.42 Å². The molecule has 3 nitrogen and oxygen atoms in total. The molecule has 0 aromatic rings. The Morgan fingerprint density at radius 3 is 2.62 bits per heavy atom. The van der Waals surface area contributed by atoms with Gasteiger partial charge in [-0.25, -0.2) is 0 Å². The van der Waals surface area contributed by atoms with Crippen molar-refractivity contribution in [1.29, 1.82) is 0 Å². The van der Waals surface area contributed by atoms with Crippen molar-refractivity contribution in [3.8, 4) is 0 Å². The number of nitrogens with zero attached hydrogens (tertiary/aromatic N) is 1. The summed E-state index contributed by atoms with van der Waals surface area (Å²) in [5.41, 5.74) is 6.12. The van der Waals surface area contributed by atoms with Crippen molar-refractivity contribution in [3.63, 3.8) is 0 Å². The van der Waals surface area contributed by atoms with Gasteiger partial charge in [0, 0.05) is 24.5 Å². The maximum atomic E-state index is 11.7. The molecule has 13 heavy (non-hydrogen) atoms. The van der Waals surface area contributed by atoms with Gasteiger partial charge < -0.3 is 10.6 Å². The van der Waals surface area contributed by atoms with E-state index >= 15 is 0 Å². The largest absolute Gasteiger partial charge is 0.340 e. The number of carbonyl (C=O) groups excluding carboxylic acids is 1. The van der Waals surface area contributed by atoms with E-state index in [2.05, 4.69) is 0 Å². The van der Waals surface area contributed by atoms with E-state index < -0.39 is 0 Å². The first kappa shape index (κ1) is 9.00. The van der Waals surface area contributed by atoms with E-state index in [1.54, 1.807) is 0 Å². The highest BCUT2D eigenvalue weighted by Gasteiger charge is 2.51. The number of nitrogens with two attached hydrogens (primary N) is 1. The zero-order valence-electron chi connectivity index (χ0n) is 8.42. The fourth-order valence-corrected chi connectivity index (χ4v) is 2.42. The second-order valence-corrected chi connectivity index (χ2v) is 4.84. The molecular weight excluding hydrogens is 164 g/mol. The van der Waals surface area contributed by atoms with Crippen LogP contribution in [0.3, 0.4) is 0 Å². The van der Waals surface area contributed by atoms with E-state index in [0.717, 1.165) is 19.5 Å². The molecule has 0 bridgehead atoms. The van der Waals surface area contributed by atoms with Crippen LogP contribution in [0.15, 0.2) is 0 Å². The van der Waals surface area contributed by atoms with Gasteiger partial charge in [-0.05, 0) is 18.8 Å². The molecule has 1 saturated heterocycles. The molecule has 2 unspecified atom stereocenters. The quantitative estimate of drug-likeness (QED) is 0.645. The lowest BCUT2D eigenvalue weighted by Gasteiger charge is -2.40. The maximum absolute atomic E-state index is 11.7. The monoisotopic (exact) mass is 182 g/mol. The number of hydrogen-bond acceptors (Lipinski definition) is 2. The van der Waals surface area contributed by atoms with Crippen molar-refractivity contribution in [3.05, 3.63) is 0 Å². The van der Waals surface area contributed by atoms with Crippen molar-refractivity contribution in [1.82, 2.24) is 4.90 Å². The summed E-state index contributed by atoms with van der Waals surface area (Å²) in [6.45, 7) is 5.58. The summed E-state index contributed by atoms with van der Waals surface area (Å²) in [5.74, 6) is 0.954. The Kier molecular flexibility index (Phi) is 1.88. The van der Waals surface area contributed by atoms with Crippen LogP contribution in [0.5, 0.6) is 0 Å². The lowest BCUT2D eigenvalue weighted by molar-refractivity contribution is -0.133. The third kappa shape index (κ3) is 1.26. The first-order valence-corrected chi connectivity index (χ1v) is 5.10. The number of amides is 1. The molecule has 1 saturated carbocycles. The molecule has 0 spiro atoms. The standard InChI is InChI=1S/C10H18N2O/c1-7(2)9(13)12-5-8-3-4-10(8,11)6-12/h7-8H,3-6,11H2,1-2H3. The molecule has 1 heterocycles. The van der Waals surface area contributed by atoms with Crippen molar-refractivity contribution in [2.45, 2.75) is 32.2 Å². The van der Waals surface area contributed by atoms with E-state index in [4.69, 9.17) is 5.73 Å². The van der Waals surface area contributed by atoms with Gasteiger partial charge in [0.15, 0.2) is 0 Å². The van der Waals surface area contributed by atoms with Crippen LogP contribution < -0.4 is 5.73 Å². The minimum atomic E-state index is -0.0233. The Labute approximate surface area is 79.3 Å². The van der Waals surface area contributed by atoms with E-state index in [0.29, 0.717) is 5.92 Å². The predicted molar refractivity (Wildman–Crippen MR) is 51.1 cm³/mol. The van der Waals surface area contributed by atoms with Gasteiger partial charge in [-0.2, -0.15) is 0 Å². The smallest absolute Gasteiger partial charge is 0.225 e. The molecule has 0 radical (unpaired) electrons. The molecular formula is C10H18N2O. The second-order valence-electron chi connectivity index (χ2n) is 4.84. The van der Waals surface area contributed by atoms with Crippen LogP contribution in [0.25, 0.3) is 0 Å². The third-order valence-electron chi connectivity index (χ3n) is 3.50. The van der Waals surface area contributed by atoms with Crippen molar-refractivity contribution in [2.75, 3.05) is 13.1 Å². The van der Waals surface area contributed by atoms with Crippen LogP contribution in [0.1, 0.15) is 26.7 Å². The lowest BCUT2D eigenvalue weighted by atomic mass is 9.70. The van der Waals surface area contributed by atoms with Gasteiger partial charge in [0.05, 0.1) is 0 Å². The van der Waals surface area contributed by atoms with Gasteiger partial charge in [-0.3, -0.25) is 4.79 Å². The zero-order chi connectivity index (χ0) is 9.64. The average molecular weight is 182 g/mol. The molecule has 1 aliphatic carbocycles. The molecule has 3 heteroatoms. The zero-order valence-corrected chi connectivity index (χ0v) is 8.42. The van der Waals surface area contributed by atoms with Gasteiger partial charge >= 0.3 is 0 Å². The Morgan fingerprint density at radius 1 is 1.62 bits per heavy atom. The molecule has 2 atom stereocenters. The summed E-state index contributed by atoms with van der Waals surface area (Å²) in [5, 5.41) is 0. The number of carbonyl (C=O) groups is 1. The van der Waals surface area contributed by atoms with E-state index in [-0.39, 0.29) is 17.4 Å². The van der Waals surface area contributed by atoms with Crippen molar-refractivity contribution >= 4 is 5.91 Å². The Balaban J connectivity index is 2.02. The number of likely N-dealkylation sites (tertiary alicyclic amines) is 1. The topological polar surface area (TPSA) is 46.3 Å². The van der Waals surface area contributed by atoms with Gasteiger partial charge in [0.1, 0.15) is 0 Å². The maximum Gasteiger partial charge on any atom is 0.225 e. The second kappa shape index (κ2) is 2.71. The Bertz CT molecular complexity index is 239. The van der Waals surface area contributed by atoms with Crippen molar-refractivity contribution in [2.24, 2.45) is 17.6 Å². The summed E-state index contributed by atoms with van der Waals surface area (Å²) >= 11 is 0. The van der Waals surface area contributed by atoms with Crippen LogP contribution in [0, 0.1) is 11.8 Å². The summed E-state index contributed by atoms with van der Waals surface area (Å²) in [7, 11) is 0. The number of rotatable bonds is 1. The molecule has 2 fully saturated rings. The molecule has 1 amide bonds. The Hall–Kier alpha value is -0.570. The summed E-state index contributed by atoms with van der Waals surface area (Å²) in [6, 6.07) is 0. The first-order valence-electron chi connectivity index (χ1n) is 5.10. The predicted octanol–water partition coefficient (Wildman–Crippen LogP) is 0.592. The van der Waals surface area contributed by atoms with Gasteiger partial charge in [-0.1, -0.05) is 13.8 Å². The highest BCUT2D eigenvalue weighted by atomic mass is 16.2. The van der Waals surface area contributed by atoms with Crippen LogP contribution in [0.4, 0.5) is 0 Å². The molecule has 2 N–H and O–H groups in total. The molecule has 0 aromatic heterocycles. The fourth-order valence-electron chi connectivity index (χ4n) is 2.42. The number of fused-ring (bicyclic) bond motifs is 1. The van der Waals surface area contributed by atoms with Crippen LogP contribution in [-0.4, -0.2) is 29.4 Å². The average Bonchev–Trinajstić information content (AvgIpc) is 2.28. The molecule has 1 aliphatic heterocycles. The van der Waals surface area contributed by atoms with E-state index in [9.17, 15) is 4.79 Å². The summed E-state index contributed by atoms with van der Waals surface area (Å²) < 4.78 is 0. The normalized spacial score (nSPS) is 37.5. The first-order chi connectivity index (χ1) is 6.03. The fraction of sp³-hybridized carbons (Fsp3) is 0.900. The minimum absolute atomic E-state index is 0.0233. The lowest BCUT2D eigenvalue weighted by Crippen LogP contribution is -2.54. The molecule has 0 aromatic carbocycles. The van der Waals surface area contributed by atoms with Crippen LogP contribution in [0.2, 0.25) is 0 Å². The minimum Gasteiger partial charge on any atom is -0.340 e. The third-order valence-corrected chi connectivity index (χ3v) is 3.50. The van der Waals surface area contributed by atoms with Crippen molar-refractivity contribution < 1.29 is 4.79 Å². The van der Waals surface area contributed by atoms with Gasteiger partial charge in [0.25, 0.3) is 0 Å². The SMILES string of the molecule is CC(C)C(=O)N1CC2CCC2(N)C1. The molecule has 2 rings (SSSR count). The van der Waals surface area contributed by atoms with Gasteiger partial charge in [0.2, 0.25) is 5.91 Å². The van der Waals surface area contributed by atoms with E-state index in [1.807, 2.05) is 18.7 Å². The van der Waals surface area contributed by atoms with Crippen LogP contribution >= 0.6 is 0 Å². The highest BCUT2D eigenvalue weighted by Crippen LogP contribution is 2.42.